The van der Waals surface area contributed by atoms with Gasteiger partial charge in [0.2, 0.25) is 0 Å². The highest BCUT2D eigenvalue weighted by Gasteiger charge is 2.32. The fraction of sp³-hybridized carbons (Fsp3) is 0.136. The fourth-order valence-corrected chi connectivity index (χ4v) is 4.18. The summed E-state index contributed by atoms with van der Waals surface area (Å²) >= 11 is 0. The van der Waals surface area contributed by atoms with Crippen LogP contribution in [0.2, 0.25) is 0 Å². The molecule has 0 bridgehead atoms. The van der Waals surface area contributed by atoms with E-state index in [1.54, 1.807) is 19.1 Å². The quantitative estimate of drug-likeness (QED) is 0.507. The average Bonchev–Trinajstić information content (AvgIpc) is 2.72. The van der Waals surface area contributed by atoms with Crippen LogP contribution in [-0.2, 0) is 22.8 Å². The number of carboxylic acid groups (broad SMARTS) is 1. The molecule has 0 fully saturated rings. The van der Waals surface area contributed by atoms with Gasteiger partial charge in [0, 0.05) is 0 Å². The van der Waals surface area contributed by atoms with Crippen molar-refractivity contribution in [3.05, 3.63) is 89.0 Å². The van der Waals surface area contributed by atoms with Crippen molar-refractivity contribution in [1.29, 1.82) is 0 Å². The monoisotopic (exact) mass is 465 g/mol. The van der Waals surface area contributed by atoms with E-state index in [1.807, 2.05) is 0 Å². The van der Waals surface area contributed by atoms with Gasteiger partial charge in [0.15, 0.2) is 0 Å². The molecule has 0 saturated heterocycles. The Balaban J connectivity index is 1.92. The number of aryl methyl sites for hydroxylation is 1. The van der Waals surface area contributed by atoms with Gasteiger partial charge in [-0.15, -0.1) is 0 Å². The Labute approximate surface area is 182 Å². The zero-order valence-electron chi connectivity index (χ0n) is 16.7. The van der Waals surface area contributed by atoms with Gasteiger partial charge in [0.25, 0.3) is 10.0 Å². The summed E-state index contributed by atoms with van der Waals surface area (Å²) in [6, 6.07) is 14.2. The number of benzene rings is 3. The molecule has 0 radical (unpaired) electrons. The number of hydrogen-bond donors (Lipinski definition) is 2. The molecule has 0 spiro atoms. The Morgan fingerprint density at radius 3 is 2.28 bits per heavy atom. The smallest absolute Gasteiger partial charge is 0.416 e. The minimum Gasteiger partial charge on any atom is -0.487 e. The van der Waals surface area contributed by atoms with E-state index in [9.17, 15) is 26.4 Å². The number of carboxylic acids is 1. The molecule has 0 unspecified atom stereocenters. The number of aromatic carboxylic acids is 1. The fourth-order valence-electron chi connectivity index (χ4n) is 2.86. The first-order chi connectivity index (χ1) is 15.0. The summed E-state index contributed by atoms with van der Waals surface area (Å²) in [5, 5.41) is 8.95. The first-order valence-corrected chi connectivity index (χ1v) is 10.7. The van der Waals surface area contributed by atoms with Gasteiger partial charge in [-0.1, -0.05) is 30.3 Å². The lowest BCUT2D eigenvalue weighted by molar-refractivity contribution is -0.137. The number of alkyl halides is 3. The molecule has 0 atom stereocenters. The maximum absolute atomic E-state index is 13.2. The molecule has 0 amide bonds. The van der Waals surface area contributed by atoms with E-state index >= 15 is 0 Å². The highest BCUT2D eigenvalue weighted by molar-refractivity contribution is 7.92. The van der Waals surface area contributed by atoms with E-state index in [1.165, 1.54) is 36.4 Å². The first kappa shape index (κ1) is 23.1. The maximum atomic E-state index is 13.2. The molecule has 6 nitrogen and oxygen atoms in total. The van der Waals surface area contributed by atoms with E-state index in [-0.39, 0.29) is 28.5 Å². The van der Waals surface area contributed by atoms with Gasteiger partial charge in [-0.05, 0) is 54.4 Å². The Bertz CT molecular complexity index is 1240. The van der Waals surface area contributed by atoms with Crippen LogP contribution in [0.25, 0.3) is 0 Å². The molecule has 0 heterocycles. The number of ether oxygens (including phenoxy) is 1. The SMILES string of the molecule is Cc1ccccc1S(=O)(=O)Nc1ccc(C(F)(F)F)cc1OCc1ccc(C(=O)O)cc1. The van der Waals surface area contributed by atoms with Crippen LogP contribution in [0, 0.1) is 6.92 Å². The molecule has 2 N–H and O–H groups in total. The molecule has 0 saturated carbocycles. The van der Waals surface area contributed by atoms with Crippen molar-refractivity contribution >= 4 is 21.7 Å². The molecule has 0 aromatic heterocycles. The van der Waals surface area contributed by atoms with Gasteiger partial charge >= 0.3 is 12.1 Å². The van der Waals surface area contributed by atoms with Crippen molar-refractivity contribution in [3.8, 4) is 5.75 Å². The van der Waals surface area contributed by atoms with Gasteiger partial charge in [-0.3, -0.25) is 4.72 Å². The summed E-state index contributed by atoms with van der Waals surface area (Å²) < 4.78 is 72.9. The number of hydrogen-bond acceptors (Lipinski definition) is 4. The molecule has 10 heteroatoms. The number of rotatable bonds is 7. The Kier molecular flexibility index (Phi) is 6.45. The molecule has 3 aromatic carbocycles. The van der Waals surface area contributed by atoms with Crippen LogP contribution in [-0.4, -0.2) is 19.5 Å². The first-order valence-electron chi connectivity index (χ1n) is 9.22. The molecule has 0 aliphatic rings. The molecule has 0 aliphatic heterocycles. The van der Waals surface area contributed by atoms with E-state index < -0.39 is 27.7 Å². The number of anilines is 1. The largest absolute Gasteiger partial charge is 0.487 e. The minimum absolute atomic E-state index is 0.0184. The molecular weight excluding hydrogens is 447 g/mol. The summed E-state index contributed by atoms with van der Waals surface area (Å²) in [4.78, 5) is 10.9. The second-order valence-electron chi connectivity index (χ2n) is 6.87. The maximum Gasteiger partial charge on any atom is 0.416 e. The number of carbonyl (C=O) groups is 1. The van der Waals surface area contributed by atoms with Crippen LogP contribution in [0.15, 0.2) is 71.6 Å². The van der Waals surface area contributed by atoms with Crippen LogP contribution >= 0.6 is 0 Å². The zero-order valence-corrected chi connectivity index (χ0v) is 17.5. The zero-order chi connectivity index (χ0) is 23.5. The Morgan fingerprint density at radius 2 is 1.69 bits per heavy atom. The van der Waals surface area contributed by atoms with E-state index in [0.29, 0.717) is 17.2 Å². The van der Waals surface area contributed by atoms with E-state index in [0.717, 1.165) is 12.1 Å². The van der Waals surface area contributed by atoms with Gasteiger partial charge in [-0.25, -0.2) is 13.2 Å². The molecule has 3 aromatic rings. The van der Waals surface area contributed by atoms with Crippen molar-refractivity contribution in [2.75, 3.05) is 4.72 Å². The molecular formula is C22H18F3NO5S. The predicted octanol–water partition coefficient (Wildman–Crippen LogP) is 5.09. The lowest BCUT2D eigenvalue weighted by Gasteiger charge is -2.17. The topological polar surface area (TPSA) is 92.7 Å². The standard InChI is InChI=1S/C22H18F3NO5S/c1-14-4-2-3-5-20(14)32(29,30)26-18-11-10-17(22(23,24)25)12-19(18)31-13-15-6-8-16(9-7-15)21(27)28/h2-12,26H,13H2,1H3,(H,27,28). The van der Waals surface area contributed by atoms with Crippen LogP contribution in [0.1, 0.15) is 27.0 Å². The minimum atomic E-state index is -4.66. The Hall–Kier alpha value is -3.53. The van der Waals surface area contributed by atoms with E-state index in [2.05, 4.69) is 4.72 Å². The lowest BCUT2D eigenvalue weighted by Crippen LogP contribution is -2.16. The summed E-state index contributed by atoms with van der Waals surface area (Å²) in [6.07, 6.45) is -4.66. The molecule has 168 valence electrons. The van der Waals surface area contributed by atoms with Gasteiger partial charge in [-0.2, -0.15) is 13.2 Å². The van der Waals surface area contributed by atoms with Crippen LogP contribution < -0.4 is 9.46 Å². The average molecular weight is 465 g/mol. The summed E-state index contributed by atoms with van der Waals surface area (Å²) in [5.74, 6) is -1.44. The second-order valence-corrected chi connectivity index (χ2v) is 8.52. The van der Waals surface area contributed by atoms with Gasteiger partial charge < -0.3 is 9.84 Å². The normalized spacial score (nSPS) is 11.8. The van der Waals surface area contributed by atoms with Crippen molar-refractivity contribution in [2.45, 2.75) is 24.6 Å². The third kappa shape index (κ3) is 5.38. The van der Waals surface area contributed by atoms with Gasteiger partial charge in [0.1, 0.15) is 12.4 Å². The van der Waals surface area contributed by atoms with Crippen molar-refractivity contribution < 1.29 is 36.2 Å². The van der Waals surface area contributed by atoms with E-state index in [4.69, 9.17) is 9.84 Å². The molecule has 32 heavy (non-hydrogen) atoms. The second kappa shape index (κ2) is 8.91. The van der Waals surface area contributed by atoms with Gasteiger partial charge in [0.05, 0.1) is 21.7 Å². The number of halogens is 3. The third-order valence-corrected chi connectivity index (χ3v) is 6.06. The van der Waals surface area contributed by atoms with Crippen LogP contribution in [0.3, 0.4) is 0 Å². The van der Waals surface area contributed by atoms with Crippen LogP contribution in [0.4, 0.5) is 18.9 Å². The third-order valence-electron chi connectivity index (χ3n) is 4.53. The predicted molar refractivity (Wildman–Crippen MR) is 111 cm³/mol. The highest BCUT2D eigenvalue weighted by atomic mass is 32.2. The lowest BCUT2D eigenvalue weighted by atomic mass is 10.1. The highest BCUT2D eigenvalue weighted by Crippen LogP contribution is 2.36. The van der Waals surface area contributed by atoms with Crippen LogP contribution in [0.5, 0.6) is 5.75 Å². The summed E-state index contributed by atoms with van der Waals surface area (Å²) in [5.41, 5.74) is -0.177. The molecule has 3 rings (SSSR count). The van der Waals surface area contributed by atoms with Crippen molar-refractivity contribution in [3.63, 3.8) is 0 Å². The summed E-state index contributed by atoms with van der Waals surface area (Å²) in [7, 11) is -4.09. The Morgan fingerprint density at radius 1 is 1.03 bits per heavy atom. The van der Waals surface area contributed by atoms with Crippen molar-refractivity contribution in [1.82, 2.24) is 0 Å². The summed E-state index contributed by atoms with van der Waals surface area (Å²) in [6.45, 7) is 1.39. The molecule has 0 aliphatic carbocycles. The van der Waals surface area contributed by atoms with Crippen molar-refractivity contribution in [2.24, 2.45) is 0 Å². The number of nitrogens with one attached hydrogen (secondary N) is 1. The number of sulfonamides is 1.